The maximum absolute atomic E-state index is 12.9. The molecule has 1 unspecified atom stereocenters. The van der Waals surface area contributed by atoms with Crippen molar-refractivity contribution in [1.82, 2.24) is 4.98 Å². The Morgan fingerprint density at radius 3 is 2.50 bits per heavy atom. The first-order valence-corrected chi connectivity index (χ1v) is 10.3. The van der Waals surface area contributed by atoms with Gasteiger partial charge >= 0.3 is 0 Å². The largest absolute Gasteiger partial charge is 0.302 e. The monoisotopic (exact) mass is 411 g/mol. The van der Waals surface area contributed by atoms with Crippen molar-refractivity contribution >= 4 is 46.6 Å². The highest BCUT2D eigenvalue weighted by atomic mass is 35.5. The van der Waals surface area contributed by atoms with Crippen LogP contribution in [0.3, 0.4) is 0 Å². The van der Waals surface area contributed by atoms with E-state index >= 15 is 0 Å². The molecular formula is C20H23Cl2NO2S. The van der Waals surface area contributed by atoms with E-state index in [-0.39, 0.29) is 11.7 Å². The number of hydrogen-bond donors (Lipinski definition) is 0. The molecule has 3 nitrogen and oxygen atoms in total. The summed E-state index contributed by atoms with van der Waals surface area (Å²) in [6.07, 6.45) is 2.23. The SMILES string of the molecule is CC[C@H](CC(C)C)C(=O)C(C=O)c1nc(-c2ccc(Cl)c(Cl)c2)sc1C. The van der Waals surface area contributed by atoms with Crippen molar-refractivity contribution < 1.29 is 9.59 Å². The van der Waals surface area contributed by atoms with Crippen molar-refractivity contribution in [2.45, 2.75) is 46.5 Å². The summed E-state index contributed by atoms with van der Waals surface area (Å²) in [7, 11) is 0. The van der Waals surface area contributed by atoms with Gasteiger partial charge in [-0.3, -0.25) is 4.79 Å². The number of thiazole rings is 1. The molecule has 1 aromatic heterocycles. The number of rotatable bonds is 8. The first-order valence-electron chi connectivity index (χ1n) is 8.70. The van der Waals surface area contributed by atoms with Gasteiger partial charge in [-0.15, -0.1) is 11.3 Å². The van der Waals surface area contributed by atoms with Gasteiger partial charge in [0.2, 0.25) is 0 Å². The van der Waals surface area contributed by atoms with Crippen LogP contribution in [0.5, 0.6) is 0 Å². The predicted molar refractivity (Wildman–Crippen MR) is 109 cm³/mol. The van der Waals surface area contributed by atoms with Crippen molar-refractivity contribution in [2.24, 2.45) is 11.8 Å². The second-order valence-corrected chi connectivity index (χ2v) is 8.86. The van der Waals surface area contributed by atoms with E-state index in [4.69, 9.17) is 23.2 Å². The van der Waals surface area contributed by atoms with E-state index in [1.807, 2.05) is 19.9 Å². The molecule has 6 heteroatoms. The number of carbonyl (C=O) groups is 2. The Morgan fingerprint density at radius 2 is 1.96 bits per heavy atom. The van der Waals surface area contributed by atoms with Crippen molar-refractivity contribution in [2.75, 3.05) is 0 Å². The number of halogens is 2. The van der Waals surface area contributed by atoms with Crippen LogP contribution in [0.2, 0.25) is 10.0 Å². The van der Waals surface area contributed by atoms with Crippen LogP contribution in [0, 0.1) is 18.8 Å². The van der Waals surface area contributed by atoms with Gasteiger partial charge in [0.1, 0.15) is 17.2 Å². The molecule has 0 N–H and O–H groups in total. The molecule has 0 amide bonds. The molecule has 0 saturated carbocycles. The number of hydrogen-bond acceptors (Lipinski definition) is 4. The molecule has 0 bridgehead atoms. The van der Waals surface area contributed by atoms with Crippen LogP contribution in [0.15, 0.2) is 18.2 Å². The Kier molecular flexibility index (Phi) is 7.39. The zero-order valence-corrected chi connectivity index (χ0v) is 17.7. The number of aldehydes is 1. The molecule has 2 aromatic rings. The molecule has 26 heavy (non-hydrogen) atoms. The molecule has 0 aliphatic rings. The van der Waals surface area contributed by atoms with Crippen molar-refractivity contribution in [3.8, 4) is 10.6 Å². The van der Waals surface area contributed by atoms with Gasteiger partial charge in [0, 0.05) is 16.4 Å². The zero-order valence-electron chi connectivity index (χ0n) is 15.4. The third-order valence-electron chi connectivity index (χ3n) is 4.39. The molecule has 1 aromatic carbocycles. The Balaban J connectivity index is 2.36. The van der Waals surface area contributed by atoms with E-state index in [2.05, 4.69) is 18.8 Å². The lowest BCUT2D eigenvalue weighted by Crippen LogP contribution is -2.25. The average molecular weight is 412 g/mol. The van der Waals surface area contributed by atoms with Crippen LogP contribution in [-0.4, -0.2) is 17.1 Å². The quantitative estimate of drug-likeness (QED) is 0.375. The summed E-state index contributed by atoms with van der Waals surface area (Å²) in [6.45, 7) is 8.05. The van der Waals surface area contributed by atoms with Gasteiger partial charge in [-0.25, -0.2) is 4.98 Å². The van der Waals surface area contributed by atoms with Gasteiger partial charge in [-0.2, -0.15) is 0 Å². The van der Waals surface area contributed by atoms with Gasteiger partial charge < -0.3 is 4.79 Å². The van der Waals surface area contributed by atoms with Gasteiger partial charge in [-0.1, -0.05) is 50.0 Å². The minimum atomic E-state index is -0.813. The van der Waals surface area contributed by atoms with Crippen LogP contribution in [0.25, 0.3) is 10.6 Å². The standard InChI is InChI=1S/C20H23Cl2NO2S/c1-5-13(8-11(2)3)19(25)15(10-24)18-12(4)26-20(23-18)14-6-7-16(21)17(22)9-14/h6-7,9-11,13,15H,5,8H2,1-4H3/t13-,15?/m1/s1. The van der Waals surface area contributed by atoms with E-state index in [9.17, 15) is 9.59 Å². The third-order valence-corrected chi connectivity index (χ3v) is 6.16. The fraction of sp³-hybridized carbons (Fsp3) is 0.450. The molecule has 140 valence electrons. The third kappa shape index (κ3) is 4.73. The van der Waals surface area contributed by atoms with Crippen LogP contribution in [0.1, 0.15) is 50.1 Å². The van der Waals surface area contributed by atoms with Gasteiger partial charge in [0.25, 0.3) is 0 Å². The Morgan fingerprint density at radius 1 is 1.27 bits per heavy atom. The molecular weight excluding hydrogens is 389 g/mol. The van der Waals surface area contributed by atoms with Crippen molar-refractivity contribution in [3.05, 3.63) is 38.8 Å². The summed E-state index contributed by atoms with van der Waals surface area (Å²) in [5.74, 6) is -0.573. The number of aromatic nitrogens is 1. The summed E-state index contributed by atoms with van der Waals surface area (Å²) < 4.78 is 0. The molecule has 2 rings (SSSR count). The lowest BCUT2D eigenvalue weighted by Gasteiger charge is -2.19. The summed E-state index contributed by atoms with van der Waals surface area (Å²) in [6, 6.07) is 5.30. The van der Waals surface area contributed by atoms with Crippen molar-refractivity contribution in [3.63, 3.8) is 0 Å². The number of Topliss-reactive ketones (excluding diaryl/α,β-unsaturated/α-hetero) is 1. The fourth-order valence-electron chi connectivity index (χ4n) is 3.02. The van der Waals surface area contributed by atoms with E-state index in [0.29, 0.717) is 21.7 Å². The minimum absolute atomic E-state index is 0.0368. The molecule has 0 saturated heterocycles. The van der Waals surface area contributed by atoms with Crippen LogP contribution in [-0.2, 0) is 9.59 Å². The van der Waals surface area contributed by atoms with E-state index in [0.717, 1.165) is 34.6 Å². The van der Waals surface area contributed by atoms with Crippen LogP contribution in [0.4, 0.5) is 0 Å². The summed E-state index contributed by atoms with van der Waals surface area (Å²) >= 11 is 13.5. The maximum atomic E-state index is 12.9. The average Bonchev–Trinajstić information content (AvgIpc) is 2.97. The summed E-state index contributed by atoms with van der Waals surface area (Å²) in [4.78, 5) is 30.2. The predicted octanol–water partition coefficient (Wildman–Crippen LogP) is 6.35. The first kappa shape index (κ1) is 21.1. The number of aryl methyl sites for hydroxylation is 1. The highest BCUT2D eigenvalue weighted by Crippen LogP contribution is 2.35. The Bertz CT molecular complexity index is 801. The number of ketones is 1. The van der Waals surface area contributed by atoms with Crippen molar-refractivity contribution in [1.29, 1.82) is 0 Å². The smallest absolute Gasteiger partial charge is 0.152 e. The molecule has 0 spiro atoms. The minimum Gasteiger partial charge on any atom is -0.302 e. The normalized spacial score (nSPS) is 13.7. The zero-order chi connectivity index (χ0) is 19.4. The lowest BCUT2D eigenvalue weighted by atomic mass is 9.84. The lowest BCUT2D eigenvalue weighted by molar-refractivity contribution is -0.128. The fourth-order valence-corrected chi connectivity index (χ4v) is 4.28. The Hall–Kier alpha value is -1.23. The second kappa shape index (κ2) is 9.12. The van der Waals surface area contributed by atoms with E-state index < -0.39 is 5.92 Å². The van der Waals surface area contributed by atoms with E-state index in [1.165, 1.54) is 11.3 Å². The molecule has 0 aliphatic heterocycles. The molecule has 0 radical (unpaired) electrons. The highest BCUT2D eigenvalue weighted by Gasteiger charge is 2.30. The maximum Gasteiger partial charge on any atom is 0.152 e. The number of benzene rings is 1. The van der Waals surface area contributed by atoms with Gasteiger partial charge in [-0.05, 0) is 37.8 Å². The Labute approximate surface area is 168 Å². The van der Waals surface area contributed by atoms with Gasteiger partial charge in [0.05, 0.1) is 15.7 Å². The molecule has 0 aliphatic carbocycles. The molecule has 1 heterocycles. The summed E-state index contributed by atoms with van der Waals surface area (Å²) in [5.41, 5.74) is 1.38. The highest BCUT2D eigenvalue weighted by molar-refractivity contribution is 7.15. The second-order valence-electron chi connectivity index (χ2n) is 6.84. The molecule has 2 atom stereocenters. The molecule has 0 fully saturated rings. The van der Waals surface area contributed by atoms with Crippen LogP contribution >= 0.6 is 34.5 Å². The first-order chi connectivity index (χ1) is 12.3. The van der Waals surface area contributed by atoms with Crippen LogP contribution < -0.4 is 0 Å². The topological polar surface area (TPSA) is 47.0 Å². The van der Waals surface area contributed by atoms with Gasteiger partial charge in [0.15, 0.2) is 5.78 Å². The summed E-state index contributed by atoms with van der Waals surface area (Å²) in [5, 5.41) is 1.65. The number of carbonyl (C=O) groups excluding carboxylic acids is 2. The number of nitrogens with zero attached hydrogens (tertiary/aromatic N) is 1. The van der Waals surface area contributed by atoms with E-state index in [1.54, 1.807) is 12.1 Å².